The molecule has 0 saturated heterocycles. The Morgan fingerprint density at radius 3 is 2.75 bits per heavy atom. The number of anilines is 1. The molecule has 5 heteroatoms. The Morgan fingerprint density at radius 2 is 2.19 bits per heavy atom. The zero-order valence-electron chi connectivity index (χ0n) is 9.78. The van der Waals surface area contributed by atoms with Crippen LogP contribution in [-0.4, -0.2) is 16.6 Å². The second kappa shape index (κ2) is 4.83. The third kappa shape index (κ3) is 4.63. The average Bonchev–Trinajstić information content (AvgIpc) is 2.12. The monoisotopic (exact) mass is 223 g/mol. The molecule has 88 valence electrons. The first kappa shape index (κ1) is 12.3. The molecule has 0 aliphatic heterocycles. The van der Waals surface area contributed by atoms with Crippen LogP contribution in [0.3, 0.4) is 0 Å². The van der Waals surface area contributed by atoms with Crippen LogP contribution in [0.2, 0.25) is 0 Å². The average molecular weight is 223 g/mol. The Bertz CT molecular complexity index is 372. The number of nitrogen functional groups attached to an aromatic ring is 1. The molecule has 0 aromatic carbocycles. The molecule has 0 spiro atoms. The molecule has 0 aliphatic rings. The first-order valence-corrected chi connectivity index (χ1v) is 5.01. The van der Waals surface area contributed by atoms with Gasteiger partial charge in [-0.15, -0.1) is 0 Å². The van der Waals surface area contributed by atoms with Crippen LogP contribution in [0.25, 0.3) is 0 Å². The normalized spacial score (nSPS) is 10.9. The summed E-state index contributed by atoms with van der Waals surface area (Å²) in [6, 6.07) is 1.72. The van der Waals surface area contributed by atoms with E-state index in [4.69, 9.17) is 10.5 Å². The van der Waals surface area contributed by atoms with Gasteiger partial charge in [-0.2, -0.15) is 0 Å². The molecule has 0 fully saturated rings. The van der Waals surface area contributed by atoms with Gasteiger partial charge in [-0.25, -0.2) is 4.79 Å². The molecule has 0 bridgehead atoms. The maximum atomic E-state index is 11.3. The van der Waals surface area contributed by atoms with E-state index in [1.165, 1.54) is 0 Å². The number of carbonyl (C=O) groups is 1. The zero-order chi connectivity index (χ0) is 12.2. The summed E-state index contributed by atoms with van der Waals surface area (Å²) < 4.78 is 5.01. The molecule has 1 rings (SSSR count). The lowest BCUT2D eigenvalue weighted by atomic mass is 10.1. The van der Waals surface area contributed by atoms with E-state index >= 15 is 0 Å². The summed E-state index contributed by atoms with van der Waals surface area (Å²) in [4.78, 5) is 15.2. The number of hydrogen-bond acceptors (Lipinski definition) is 4. The molecule has 0 aliphatic carbocycles. The predicted octanol–water partition coefficient (Wildman–Crippen LogP) is 1.69. The first-order chi connectivity index (χ1) is 7.37. The maximum Gasteiger partial charge on any atom is 0.407 e. The van der Waals surface area contributed by atoms with Gasteiger partial charge in [0.2, 0.25) is 0 Å². The molecule has 5 nitrogen and oxygen atoms in total. The summed E-state index contributed by atoms with van der Waals surface area (Å²) in [6.45, 7) is 5.82. The summed E-state index contributed by atoms with van der Waals surface area (Å²) in [5.41, 5.74) is 6.57. The lowest BCUT2D eigenvalue weighted by Gasteiger charge is -2.19. The van der Waals surface area contributed by atoms with Crippen molar-refractivity contribution in [2.75, 3.05) is 5.73 Å². The zero-order valence-corrected chi connectivity index (χ0v) is 9.78. The number of nitrogens with zero attached hydrogens (tertiary/aromatic N) is 1. The number of rotatable bonds is 2. The van der Waals surface area contributed by atoms with Gasteiger partial charge in [-0.05, 0) is 26.8 Å². The number of alkyl carbamates (subject to hydrolysis) is 1. The fourth-order valence-electron chi connectivity index (χ4n) is 1.08. The molecular weight excluding hydrogens is 206 g/mol. The van der Waals surface area contributed by atoms with Crippen molar-refractivity contribution in [2.24, 2.45) is 0 Å². The van der Waals surface area contributed by atoms with E-state index in [1.54, 1.807) is 18.5 Å². The van der Waals surface area contributed by atoms with Crippen LogP contribution >= 0.6 is 0 Å². The Balaban J connectivity index is 2.43. The third-order valence-electron chi connectivity index (χ3n) is 1.66. The van der Waals surface area contributed by atoms with Gasteiger partial charge in [-0.1, -0.05) is 0 Å². The summed E-state index contributed by atoms with van der Waals surface area (Å²) in [6.07, 6.45) is 2.70. The Labute approximate surface area is 95.0 Å². The van der Waals surface area contributed by atoms with Crippen LogP contribution in [0.4, 0.5) is 10.5 Å². The van der Waals surface area contributed by atoms with Crippen LogP contribution < -0.4 is 11.1 Å². The van der Waals surface area contributed by atoms with Gasteiger partial charge in [0.25, 0.3) is 0 Å². The molecule has 16 heavy (non-hydrogen) atoms. The topological polar surface area (TPSA) is 77.2 Å². The van der Waals surface area contributed by atoms with Crippen LogP contribution in [0.1, 0.15) is 26.3 Å². The highest BCUT2D eigenvalue weighted by molar-refractivity contribution is 5.68. The van der Waals surface area contributed by atoms with Crippen molar-refractivity contribution in [2.45, 2.75) is 32.9 Å². The number of ether oxygens (including phenoxy) is 1. The third-order valence-corrected chi connectivity index (χ3v) is 1.66. The van der Waals surface area contributed by atoms with E-state index in [-0.39, 0.29) is 12.1 Å². The number of nitrogens with one attached hydrogen (secondary N) is 1. The summed E-state index contributed by atoms with van der Waals surface area (Å²) in [7, 11) is 0. The number of nitrogens with two attached hydrogens (primary N) is 1. The van der Waals surface area contributed by atoms with Gasteiger partial charge < -0.3 is 15.8 Å². The highest BCUT2D eigenvalue weighted by atomic mass is 16.5. The van der Waals surface area contributed by atoms with Gasteiger partial charge in [0.05, 0.1) is 5.69 Å². The first-order valence-electron chi connectivity index (χ1n) is 5.01. The second-order valence-electron chi connectivity index (χ2n) is 4.58. The fraction of sp³-hybridized carbons (Fsp3) is 0.455. The molecule has 1 aromatic heterocycles. The number of hydrogen-bond donors (Lipinski definition) is 2. The van der Waals surface area contributed by atoms with E-state index in [2.05, 4.69) is 10.3 Å². The van der Waals surface area contributed by atoms with Crippen molar-refractivity contribution in [3.8, 4) is 0 Å². The molecule has 0 saturated carbocycles. The number of carbonyl (C=O) groups excluding carboxylic acids is 1. The van der Waals surface area contributed by atoms with E-state index in [0.29, 0.717) is 5.69 Å². The lowest BCUT2D eigenvalue weighted by molar-refractivity contribution is 0.131. The predicted molar refractivity (Wildman–Crippen MR) is 61.7 cm³/mol. The number of amides is 1. The quantitative estimate of drug-likeness (QED) is 0.799. The minimum absolute atomic E-state index is 0.167. The molecule has 3 N–H and O–H groups in total. The van der Waals surface area contributed by atoms with Crippen LogP contribution in [0, 0.1) is 0 Å². The SMILES string of the molecule is CC(C)(C)NC(=O)OCc1cncc(N)c1. The summed E-state index contributed by atoms with van der Waals surface area (Å²) in [5.74, 6) is 0. The summed E-state index contributed by atoms with van der Waals surface area (Å²) >= 11 is 0. The molecule has 1 aromatic rings. The van der Waals surface area contributed by atoms with E-state index in [9.17, 15) is 4.79 Å². The minimum Gasteiger partial charge on any atom is -0.445 e. The van der Waals surface area contributed by atoms with Gasteiger partial charge in [0.15, 0.2) is 0 Å². The van der Waals surface area contributed by atoms with Gasteiger partial charge >= 0.3 is 6.09 Å². The van der Waals surface area contributed by atoms with Crippen molar-refractivity contribution in [1.82, 2.24) is 10.3 Å². The van der Waals surface area contributed by atoms with Crippen LogP contribution in [0.15, 0.2) is 18.5 Å². The van der Waals surface area contributed by atoms with Gasteiger partial charge in [0.1, 0.15) is 6.61 Å². The standard InChI is InChI=1S/C11H17N3O2/c1-11(2,3)14-10(15)16-7-8-4-9(12)6-13-5-8/h4-6H,7,12H2,1-3H3,(H,14,15). The minimum atomic E-state index is -0.449. The molecule has 0 atom stereocenters. The summed E-state index contributed by atoms with van der Waals surface area (Å²) in [5, 5.41) is 2.69. The largest absolute Gasteiger partial charge is 0.445 e. The highest BCUT2D eigenvalue weighted by Crippen LogP contribution is 2.06. The highest BCUT2D eigenvalue weighted by Gasteiger charge is 2.14. The van der Waals surface area contributed by atoms with Crippen molar-refractivity contribution in [3.05, 3.63) is 24.0 Å². The molecule has 0 unspecified atom stereocenters. The van der Waals surface area contributed by atoms with E-state index in [0.717, 1.165) is 5.56 Å². The van der Waals surface area contributed by atoms with Crippen molar-refractivity contribution >= 4 is 11.8 Å². The lowest BCUT2D eigenvalue weighted by Crippen LogP contribution is -2.40. The fourth-order valence-corrected chi connectivity index (χ4v) is 1.08. The van der Waals surface area contributed by atoms with Crippen molar-refractivity contribution in [3.63, 3.8) is 0 Å². The van der Waals surface area contributed by atoms with E-state index < -0.39 is 6.09 Å². The molecular formula is C11H17N3O2. The van der Waals surface area contributed by atoms with E-state index in [1.807, 2.05) is 20.8 Å². The molecule has 1 amide bonds. The number of pyridine rings is 1. The Kier molecular flexibility index (Phi) is 3.71. The maximum absolute atomic E-state index is 11.3. The van der Waals surface area contributed by atoms with Crippen LogP contribution in [0.5, 0.6) is 0 Å². The van der Waals surface area contributed by atoms with Crippen molar-refractivity contribution < 1.29 is 9.53 Å². The second-order valence-corrected chi connectivity index (χ2v) is 4.58. The molecule has 0 radical (unpaired) electrons. The van der Waals surface area contributed by atoms with Gasteiger partial charge in [0, 0.05) is 23.5 Å². The molecule has 1 heterocycles. The van der Waals surface area contributed by atoms with Crippen molar-refractivity contribution in [1.29, 1.82) is 0 Å². The Morgan fingerprint density at radius 1 is 1.50 bits per heavy atom. The van der Waals surface area contributed by atoms with Gasteiger partial charge in [-0.3, -0.25) is 4.98 Å². The van der Waals surface area contributed by atoms with Crippen LogP contribution in [-0.2, 0) is 11.3 Å². The smallest absolute Gasteiger partial charge is 0.407 e. The number of aromatic nitrogens is 1. The Hall–Kier alpha value is -1.78.